The molecule has 0 amide bonds. The van der Waals surface area contributed by atoms with E-state index < -0.39 is 11.4 Å². The van der Waals surface area contributed by atoms with Gasteiger partial charge in [0.1, 0.15) is 11.3 Å². The molecule has 0 saturated heterocycles. The van der Waals surface area contributed by atoms with Crippen molar-refractivity contribution in [3.05, 3.63) is 80.7 Å². The van der Waals surface area contributed by atoms with Gasteiger partial charge in [0.05, 0.1) is 28.7 Å². The SMILES string of the molecule is COC(=O)c1cn(C)c2cc(Oc3ccnc(Nc4ccc(C#N)cc4)n3)c(Br)cc2c1=O. The highest BCUT2D eigenvalue weighted by Gasteiger charge is 2.17. The van der Waals surface area contributed by atoms with E-state index in [4.69, 9.17) is 14.7 Å². The number of pyridine rings is 1. The summed E-state index contributed by atoms with van der Waals surface area (Å²) in [6.45, 7) is 0. The number of aromatic nitrogens is 3. The molecule has 10 heteroatoms. The molecule has 0 spiro atoms. The molecule has 9 nitrogen and oxygen atoms in total. The van der Waals surface area contributed by atoms with Crippen LogP contribution >= 0.6 is 15.9 Å². The number of nitriles is 1. The predicted octanol–water partition coefficient (Wildman–Crippen LogP) is 4.29. The fraction of sp³-hybridized carbons (Fsp3) is 0.0870. The lowest BCUT2D eigenvalue weighted by molar-refractivity contribution is 0.0598. The number of halogens is 1. The second-order valence-corrected chi connectivity index (χ2v) is 7.76. The number of ether oxygens (including phenoxy) is 2. The minimum absolute atomic E-state index is 0.0533. The first kappa shape index (κ1) is 22.0. The van der Waals surface area contributed by atoms with E-state index in [0.29, 0.717) is 32.6 Å². The molecule has 0 aliphatic carbocycles. The van der Waals surface area contributed by atoms with Gasteiger partial charge in [-0.2, -0.15) is 10.2 Å². The fourth-order valence-corrected chi connectivity index (χ4v) is 3.57. The number of nitrogens with one attached hydrogen (secondary N) is 1. The summed E-state index contributed by atoms with van der Waals surface area (Å²) in [5.41, 5.74) is 1.35. The lowest BCUT2D eigenvalue weighted by Gasteiger charge is -2.13. The number of methoxy groups -OCH3 is 1. The van der Waals surface area contributed by atoms with Gasteiger partial charge in [-0.3, -0.25) is 4.79 Å². The maximum absolute atomic E-state index is 12.7. The van der Waals surface area contributed by atoms with Crippen LogP contribution in [0.1, 0.15) is 15.9 Å². The first-order chi connectivity index (χ1) is 15.9. The minimum atomic E-state index is -0.697. The van der Waals surface area contributed by atoms with E-state index in [-0.39, 0.29) is 11.4 Å². The van der Waals surface area contributed by atoms with Crippen molar-refractivity contribution in [1.29, 1.82) is 5.26 Å². The molecule has 0 fully saturated rings. The minimum Gasteiger partial charge on any atom is -0.465 e. The third-order valence-corrected chi connectivity index (χ3v) is 5.38. The van der Waals surface area contributed by atoms with Crippen LogP contribution in [0.15, 0.2) is 64.1 Å². The monoisotopic (exact) mass is 505 g/mol. The van der Waals surface area contributed by atoms with Crippen LogP contribution in [0, 0.1) is 11.3 Å². The highest BCUT2D eigenvalue weighted by Crippen LogP contribution is 2.32. The number of hydrogen-bond donors (Lipinski definition) is 1. The zero-order valence-electron chi connectivity index (χ0n) is 17.5. The maximum Gasteiger partial charge on any atom is 0.343 e. The number of carbonyl (C=O) groups excluding carboxylic acids is 1. The summed E-state index contributed by atoms with van der Waals surface area (Å²) in [6.07, 6.45) is 2.97. The summed E-state index contributed by atoms with van der Waals surface area (Å²) in [4.78, 5) is 33.2. The summed E-state index contributed by atoms with van der Waals surface area (Å²) < 4.78 is 12.8. The van der Waals surface area contributed by atoms with Gasteiger partial charge >= 0.3 is 5.97 Å². The Labute approximate surface area is 196 Å². The van der Waals surface area contributed by atoms with Crippen LogP contribution in [-0.4, -0.2) is 27.6 Å². The molecule has 0 aliphatic rings. The summed E-state index contributed by atoms with van der Waals surface area (Å²) in [5.74, 6) is 0.310. The van der Waals surface area contributed by atoms with Gasteiger partial charge < -0.3 is 19.4 Å². The molecule has 2 aromatic heterocycles. The smallest absolute Gasteiger partial charge is 0.343 e. The largest absolute Gasteiger partial charge is 0.465 e. The molecule has 4 rings (SSSR count). The number of hydrogen-bond acceptors (Lipinski definition) is 8. The summed E-state index contributed by atoms with van der Waals surface area (Å²) >= 11 is 3.42. The molecule has 164 valence electrons. The quantitative estimate of drug-likeness (QED) is 0.399. The Morgan fingerprint density at radius 3 is 2.67 bits per heavy atom. The van der Waals surface area contributed by atoms with Crippen LogP contribution in [0.4, 0.5) is 11.6 Å². The van der Waals surface area contributed by atoms with E-state index in [1.165, 1.54) is 13.3 Å². The van der Waals surface area contributed by atoms with Crippen molar-refractivity contribution in [3.8, 4) is 17.7 Å². The molecule has 1 N–H and O–H groups in total. The second-order valence-electron chi connectivity index (χ2n) is 6.91. The Bertz CT molecular complexity index is 1480. The van der Waals surface area contributed by atoms with Gasteiger partial charge in [0.15, 0.2) is 0 Å². The van der Waals surface area contributed by atoms with E-state index in [1.54, 1.807) is 60.3 Å². The highest BCUT2D eigenvalue weighted by molar-refractivity contribution is 9.10. The van der Waals surface area contributed by atoms with Crippen molar-refractivity contribution in [2.75, 3.05) is 12.4 Å². The lowest BCUT2D eigenvalue weighted by atomic mass is 10.1. The Balaban J connectivity index is 1.65. The molecular formula is C23H16BrN5O4. The Kier molecular flexibility index (Phi) is 6.06. The zero-order valence-corrected chi connectivity index (χ0v) is 19.1. The molecule has 0 radical (unpaired) electrons. The number of esters is 1. The van der Waals surface area contributed by atoms with Crippen molar-refractivity contribution >= 4 is 44.4 Å². The normalized spacial score (nSPS) is 10.5. The Morgan fingerprint density at radius 1 is 1.21 bits per heavy atom. The number of fused-ring (bicyclic) bond motifs is 1. The van der Waals surface area contributed by atoms with Crippen molar-refractivity contribution in [2.45, 2.75) is 0 Å². The van der Waals surface area contributed by atoms with Crippen LogP contribution < -0.4 is 15.5 Å². The van der Waals surface area contributed by atoms with E-state index >= 15 is 0 Å². The van der Waals surface area contributed by atoms with E-state index in [1.807, 2.05) is 0 Å². The van der Waals surface area contributed by atoms with Gasteiger partial charge in [0.25, 0.3) is 0 Å². The van der Waals surface area contributed by atoms with Crippen LogP contribution in [0.5, 0.6) is 11.6 Å². The van der Waals surface area contributed by atoms with Gasteiger partial charge in [-0.05, 0) is 46.3 Å². The van der Waals surface area contributed by atoms with Crippen LogP contribution in [0.2, 0.25) is 0 Å². The standard InChI is InChI=1S/C23H16BrN5O4/c1-29-12-16(22(31)32-2)21(30)15-9-17(24)19(10-18(15)29)33-20-7-8-26-23(28-20)27-14-5-3-13(11-25)4-6-14/h3-10,12H,1-2H3,(H,26,27,28). The number of aryl methyl sites for hydroxylation is 1. The van der Waals surface area contributed by atoms with Crippen LogP contribution in [0.25, 0.3) is 10.9 Å². The average Bonchev–Trinajstić information content (AvgIpc) is 2.82. The lowest BCUT2D eigenvalue weighted by Crippen LogP contribution is -2.19. The summed E-state index contributed by atoms with van der Waals surface area (Å²) in [7, 11) is 2.95. The third-order valence-electron chi connectivity index (χ3n) is 4.76. The molecule has 4 aromatic rings. The number of rotatable bonds is 5. The third kappa shape index (κ3) is 4.53. The zero-order chi connectivity index (χ0) is 23.5. The molecule has 0 saturated carbocycles. The Hall–Kier alpha value is -4.23. The van der Waals surface area contributed by atoms with Crippen molar-refractivity contribution in [3.63, 3.8) is 0 Å². The molecule has 0 aliphatic heterocycles. The molecule has 33 heavy (non-hydrogen) atoms. The van der Waals surface area contributed by atoms with E-state index in [0.717, 1.165) is 5.69 Å². The van der Waals surface area contributed by atoms with E-state index in [9.17, 15) is 9.59 Å². The molecule has 0 unspecified atom stereocenters. The first-order valence-corrected chi connectivity index (χ1v) is 10.4. The Morgan fingerprint density at radius 2 is 1.97 bits per heavy atom. The van der Waals surface area contributed by atoms with Crippen molar-refractivity contribution < 1.29 is 14.3 Å². The van der Waals surface area contributed by atoms with Crippen molar-refractivity contribution in [2.24, 2.45) is 7.05 Å². The van der Waals surface area contributed by atoms with Gasteiger partial charge in [0.2, 0.25) is 17.3 Å². The van der Waals surface area contributed by atoms with Gasteiger partial charge in [-0.25, -0.2) is 9.78 Å². The topological polar surface area (TPSA) is 119 Å². The van der Waals surface area contributed by atoms with Gasteiger partial charge in [-0.15, -0.1) is 0 Å². The summed E-state index contributed by atoms with van der Waals surface area (Å²) in [5, 5.41) is 12.3. The maximum atomic E-state index is 12.7. The molecular weight excluding hydrogens is 490 g/mol. The van der Waals surface area contributed by atoms with Crippen LogP contribution in [-0.2, 0) is 11.8 Å². The van der Waals surface area contributed by atoms with Crippen molar-refractivity contribution in [1.82, 2.24) is 14.5 Å². The fourth-order valence-electron chi connectivity index (χ4n) is 3.15. The average molecular weight is 506 g/mol. The number of anilines is 2. The molecule has 2 heterocycles. The van der Waals surface area contributed by atoms with Gasteiger partial charge in [-0.1, -0.05) is 0 Å². The van der Waals surface area contributed by atoms with Crippen LogP contribution in [0.3, 0.4) is 0 Å². The predicted molar refractivity (Wildman–Crippen MR) is 125 cm³/mol. The van der Waals surface area contributed by atoms with Gasteiger partial charge in [0, 0.05) is 42.6 Å². The molecule has 0 atom stereocenters. The van der Waals surface area contributed by atoms with E-state index in [2.05, 4.69) is 37.3 Å². The molecule has 2 aromatic carbocycles. The number of carbonyl (C=O) groups is 1. The first-order valence-electron chi connectivity index (χ1n) is 9.59. The highest BCUT2D eigenvalue weighted by atomic mass is 79.9. The number of nitrogens with zero attached hydrogens (tertiary/aromatic N) is 4. The number of benzene rings is 2. The summed E-state index contributed by atoms with van der Waals surface area (Å²) in [6, 6.07) is 13.8. The second kappa shape index (κ2) is 9.10. The molecule has 0 bridgehead atoms.